The molecule has 3 aliphatic heterocycles. The van der Waals surface area contributed by atoms with Gasteiger partial charge in [-0.15, -0.1) is 0 Å². The summed E-state index contributed by atoms with van der Waals surface area (Å²) < 4.78 is 5.74. The molecule has 118 valence electrons. The van der Waals surface area contributed by atoms with Crippen molar-refractivity contribution < 1.29 is 19.2 Å². The van der Waals surface area contributed by atoms with Crippen molar-refractivity contribution in [3.63, 3.8) is 0 Å². The Morgan fingerprint density at radius 2 is 2.04 bits per heavy atom. The first-order valence-electron chi connectivity index (χ1n) is 7.33. The molecule has 0 aromatic heterocycles. The summed E-state index contributed by atoms with van der Waals surface area (Å²) in [5.41, 5.74) is -0.320. The number of hydrogen-bond donors (Lipinski definition) is 0. The second kappa shape index (κ2) is 4.26. The molecule has 7 heteroatoms. The normalized spacial score (nSPS) is 34.3. The molecule has 0 radical (unpaired) electrons. The Hall–Kier alpha value is -2.54. The number of aryl methyl sites for hydroxylation is 1. The molecule has 23 heavy (non-hydrogen) atoms. The van der Waals surface area contributed by atoms with Crippen molar-refractivity contribution >= 4 is 23.2 Å². The fourth-order valence-corrected chi connectivity index (χ4v) is 3.86. The summed E-state index contributed by atoms with van der Waals surface area (Å²) >= 11 is 0. The van der Waals surface area contributed by atoms with Crippen molar-refractivity contribution in [1.82, 2.24) is 0 Å². The molecule has 4 atom stereocenters. The quantitative estimate of drug-likeness (QED) is 0.359. The lowest BCUT2D eigenvalue weighted by Gasteiger charge is -2.24. The molecule has 0 saturated carbocycles. The van der Waals surface area contributed by atoms with Crippen LogP contribution in [0, 0.1) is 28.9 Å². The maximum atomic E-state index is 12.8. The molecule has 0 aliphatic carbocycles. The van der Waals surface area contributed by atoms with E-state index in [1.54, 1.807) is 32.1 Å². The van der Waals surface area contributed by atoms with Crippen molar-refractivity contribution in [2.75, 3.05) is 4.90 Å². The van der Waals surface area contributed by atoms with Gasteiger partial charge in [-0.3, -0.25) is 19.7 Å². The third kappa shape index (κ3) is 1.68. The summed E-state index contributed by atoms with van der Waals surface area (Å²) in [6.07, 6.45) is 3.16. The summed E-state index contributed by atoms with van der Waals surface area (Å²) in [6.45, 7) is 3.49. The molecule has 2 saturated heterocycles. The van der Waals surface area contributed by atoms with Crippen molar-refractivity contribution in [1.29, 1.82) is 0 Å². The first-order chi connectivity index (χ1) is 10.8. The van der Waals surface area contributed by atoms with E-state index >= 15 is 0 Å². The van der Waals surface area contributed by atoms with Crippen LogP contribution in [0.4, 0.5) is 11.4 Å². The number of hydrogen-bond acceptors (Lipinski definition) is 5. The molecule has 0 spiro atoms. The lowest BCUT2D eigenvalue weighted by molar-refractivity contribution is -0.384. The van der Waals surface area contributed by atoms with Gasteiger partial charge in [0.2, 0.25) is 11.8 Å². The summed E-state index contributed by atoms with van der Waals surface area (Å²) in [6, 6.07) is 4.49. The molecule has 2 amide bonds. The second-order valence-corrected chi connectivity index (χ2v) is 6.39. The van der Waals surface area contributed by atoms with Crippen LogP contribution in [0.1, 0.15) is 12.5 Å². The summed E-state index contributed by atoms with van der Waals surface area (Å²) in [5, 5.41) is 11.3. The number of carbonyl (C=O) groups is 2. The predicted molar refractivity (Wildman–Crippen MR) is 79.7 cm³/mol. The monoisotopic (exact) mass is 314 g/mol. The van der Waals surface area contributed by atoms with Gasteiger partial charge in [-0.2, -0.15) is 0 Å². The van der Waals surface area contributed by atoms with Crippen LogP contribution in [0.3, 0.4) is 0 Å². The number of rotatable bonds is 2. The topological polar surface area (TPSA) is 89.8 Å². The molecular weight excluding hydrogens is 300 g/mol. The molecule has 3 aliphatic rings. The lowest BCUT2D eigenvalue weighted by atomic mass is 9.78. The number of carbonyl (C=O) groups excluding carboxylic acids is 2. The number of benzene rings is 1. The third-order valence-electron chi connectivity index (χ3n) is 4.90. The van der Waals surface area contributed by atoms with Crippen molar-refractivity contribution in [2.24, 2.45) is 11.8 Å². The highest BCUT2D eigenvalue weighted by molar-refractivity contribution is 6.24. The third-order valence-corrected chi connectivity index (χ3v) is 4.90. The average Bonchev–Trinajstić information content (AvgIpc) is 3.09. The van der Waals surface area contributed by atoms with Gasteiger partial charge in [0, 0.05) is 6.07 Å². The zero-order valence-electron chi connectivity index (χ0n) is 12.6. The molecule has 1 aromatic carbocycles. The van der Waals surface area contributed by atoms with Gasteiger partial charge in [0.25, 0.3) is 5.69 Å². The first kappa shape index (κ1) is 14.1. The van der Waals surface area contributed by atoms with Gasteiger partial charge in [-0.05, 0) is 25.5 Å². The van der Waals surface area contributed by atoms with E-state index < -0.39 is 40.3 Å². The number of anilines is 1. The van der Waals surface area contributed by atoms with Crippen LogP contribution in [0.2, 0.25) is 0 Å². The molecule has 4 rings (SSSR count). The van der Waals surface area contributed by atoms with Crippen LogP contribution in [0.25, 0.3) is 0 Å². The minimum atomic E-state index is -0.809. The maximum absolute atomic E-state index is 12.8. The minimum Gasteiger partial charge on any atom is -0.362 e. The second-order valence-electron chi connectivity index (χ2n) is 6.39. The van der Waals surface area contributed by atoms with E-state index in [1.807, 2.05) is 0 Å². The number of fused-ring (bicyclic) bond motifs is 5. The molecule has 1 aromatic rings. The smallest absolute Gasteiger partial charge is 0.293 e. The van der Waals surface area contributed by atoms with E-state index in [9.17, 15) is 19.7 Å². The van der Waals surface area contributed by atoms with Gasteiger partial charge in [0.15, 0.2) is 0 Å². The Balaban J connectivity index is 1.83. The Kier molecular flexibility index (Phi) is 2.61. The fourth-order valence-electron chi connectivity index (χ4n) is 3.86. The van der Waals surface area contributed by atoms with E-state index in [1.165, 1.54) is 12.1 Å². The standard InChI is InChI=1S/C16H14N2O5/c1-8-3-4-9(10(7-8)18(21)22)17-14(19)12-11-5-6-16(2,23-11)13(12)15(17)20/h3-7,11-13H,1-2H3/t11-,12+,13-,16+/m0/s1. The van der Waals surface area contributed by atoms with Gasteiger partial charge in [0.1, 0.15) is 5.69 Å². The summed E-state index contributed by atoms with van der Waals surface area (Å²) in [7, 11) is 0. The molecule has 7 nitrogen and oxygen atoms in total. The van der Waals surface area contributed by atoms with Crippen LogP contribution in [0.15, 0.2) is 30.4 Å². The lowest BCUT2D eigenvalue weighted by Crippen LogP contribution is -2.38. The number of amides is 2. The number of imide groups is 1. The van der Waals surface area contributed by atoms with Crippen molar-refractivity contribution in [2.45, 2.75) is 25.6 Å². The number of ether oxygens (including phenoxy) is 1. The fraction of sp³-hybridized carbons (Fsp3) is 0.375. The van der Waals surface area contributed by atoms with Gasteiger partial charge in [-0.25, -0.2) is 4.90 Å². The van der Waals surface area contributed by atoms with Crippen LogP contribution in [-0.2, 0) is 14.3 Å². The first-order valence-corrected chi connectivity index (χ1v) is 7.33. The van der Waals surface area contributed by atoms with Crippen LogP contribution in [-0.4, -0.2) is 28.4 Å². The molecule has 2 bridgehead atoms. The van der Waals surface area contributed by atoms with Crippen LogP contribution < -0.4 is 4.90 Å². The van der Waals surface area contributed by atoms with Crippen molar-refractivity contribution in [3.05, 3.63) is 46.0 Å². The largest absolute Gasteiger partial charge is 0.362 e. The molecular formula is C16H14N2O5. The summed E-state index contributed by atoms with van der Waals surface area (Å²) in [5.74, 6) is -2.07. The van der Waals surface area contributed by atoms with Gasteiger partial charge in [-0.1, -0.05) is 18.2 Å². The number of nitro groups is 1. The van der Waals surface area contributed by atoms with E-state index in [0.29, 0.717) is 5.56 Å². The van der Waals surface area contributed by atoms with Gasteiger partial charge in [0.05, 0.1) is 28.5 Å². The Bertz CT molecular complexity index is 802. The molecule has 0 unspecified atom stereocenters. The zero-order valence-corrected chi connectivity index (χ0v) is 12.6. The molecule has 3 heterocycles. The highest BCUT2D eigenvalue weighted by atomic mass is 16.6. The molecule has 2 fully saturated rings. The van der Waals surface area contributed by atoms with Crippen LogP contribution in [0.5, 0.6) is 0 Å². The maximum Gasteiger partial charge on any atom is 0.293 e. The highest BCUT2D eigenvalue weighted by Gasteiger charge is 2.66. The molecule has 0 N–H and O–H groups in total. The summed E-state index contributed by atoms with van der Waals surface area (Å²) in [4.78, 5) is 37.3. The van der Waals surface area contributed by atoms with E-state index in [2.05, 4.69) is 0 Å². The predicted octanol–water partition coefficient (Wildman–Crippen LogP) is 1.74. The Morgan fingerprint density at radius 1 is 1.30 bits per heavy atom. The Labute approximate surface area is 131 Å². The van der Waals surface area contributed by atoms with E-state index in [0.717, 1.165) is 4.90 Å². The van der Waals surface area contributed by atoms with Crippen molar-refractivity contribution in [3.8, 4) is 0 Å². The van der Waals surface area contributed by atoms with Gasteiger partial charge < -0.3 is 4.74 Å². The average molecular weight is 314 g/mol. The highest BCUT2D eigenvalue weighted by Crippen LogP contribution is 2.52. The van der Waals surface area contributed by atoms with E-state index in [-0.39, 0.29) is 11.4 Å². The minimum absolute atomic E-state index is 0.0352. The van der Waals surface area contributed by atoms with Gasteiger partial charge >= 0.3 is 0 Å². The number of nitrogens with zero attached hydrogens (tertiary/aromatic N) is 2. The Morgan fingerprint density at radius 3 is 2.70 bits per heavy atom. The zero-order chi connectivity index (χ0) is 16.5. The SMILES string of the molecule is Cc1ccc(N2C(=O)[C@@H]3[C@@H]4C=C[C@@](C)(O4)[C@@H]3C2=O)c([N+](=O)[O-])c1. The van der Waals surface area contributed by atoms with Crippen LogP contribution >= 0.6 is 0 Å². The van der Waals surface area contributed by atoms with E-state index in [4.69, 9.17) is 4.74 Å². The number of nitro benzene ring substituents is 1.